The van der Waals surface area contributed by atoms with Crippen LogP contribution in [0, 0.1) is 0 Å². The van der Waals surface area contributed by atoms with Gasteiger partial charge < -0.3 is 10.8 Å². The van der Waals surface area contributed by atoms with Crippen molar-refractivity contribution in [3.63, 3.8) is 0 Å². The summed E-state index contributed by atoms with van der Waals surface area (Å²) in [5.41, 5.74) is 6.44. The maximum absolute atomic E-state index is 10.9. The van der Waals surface area contributed by atoms with Crippen molar-refractivity contribution in [1.82, 2.24) is 0 Å². The Morgan fingerprint density at radius 1 is 0.857 bits per heavy atom. The number of nitrogens with two attached hydrogens (primary N) is 1. The Kier molecular flexibility index (Phi) is 8.42. The Morgan fingerprint density at radius 3 is 1.68 bits per heavy atom. The molecule has 0 heterocycles. The van der Waals surface area contributed by atoms with Gasteiger partial charge in [0, 0.05) is 16.0 Å². The predicted octanol–water partition coefficient (Wildman–Crippen LogP) is 5.81. The highest BCUT2D eigenvalue weighted by molar-refractivity contribution is 8.01. The molecule has 0 saturated heterocycles. The van der Waals surface area contributed by atoms with Crippen molar-refractivity contribution in [2.45, 2.75) is 70.4 Å². The summed E-state index contributed by atoms with van der Waals surface area (Å²) in [4.78, 5) is 1.27. The fourth-order valence-corrected chi connectivity index (χ4v) is 7.35. The van der Waals surface area contributed by atoms with Gasteiger partial charge in [-0.05, 0) is 35.4 Å². The molecule has 0 bridgehead atoms. The third kappa shape index (κ3) is 6.40. The molecule has 0 aliphatic carbocycles. The number of phenolic OH excluding ortho intramolecular Hbond substituents is 1. The van der Waals surface area contributed by atoms with E-state index in [1.54, 1.807) is 0 Å². The summed E-state index contributed by atoms with van der Waals surface area (Å²) >= 11 is 1.94. The summed E-state index contributed by atoms with van der Waals surface area (Å²) in [5, 5.41) is 13.5. The van der Waals surface area contributed by atoms with Gasteiger partial charge in [-0.1, -0.05) is 90.2 Å². The maximum atomic E-state index is 10.9. The van der Waals surface area contributed by atoms with Crippen LogP contribution in [-0.2, 0) is 10.8 Å². The van der Waals surface area contributed by atoms with Crippen LogP contribution in [0.3, 0.4) is 0 Å². The van der Waals surface area contributed by atoms with Crippen molar-refractivity contribution in [2.75, 3.05) is 12.4 Å². The molecule has 4 heteroatoms. The minimum Gasteiger partial charge on any atom is -0.507 e. The number of hydrogen-bond donors (Lipinski definition) is 2. The van der Waals surface area contributed by atoms with Crippen LogP contribution in [-0.4, -0.2) is 25.6 Å². The lowest BCUT2D eigenvalue weighted by molar-refractivity contribution is 0.422. The van der Waals surface area contributed by atoms with Gasteiger partial charge in [0.25, 0.3) is 0 Å². The third-order valence-corrected chi connectivity index (χ3v) is 10.8. The van der Waals surface area contributed by atoms with Crippen LogP contribution in [0.25, 0.3) is 0 Å². The highest BCUT2D eigenvalue weighted by atomic mass is 32.2. The zero-order valence-electron chi connectivity index (χ0n) is 19.2. The van der Waals surface area contributed by atoms with E-state index in [1.807, 2.05) is 11.8 Å². The van der Waals surface area contributed by atoms with E-state index in [1.165, 1.54) is 17.1 Å². The van der Waals surface area contributed by atoms with Crippen molar-refractivity contribution in [3.05, 3.63) is 53.6 Å². The average Bonchev–Trinajstić information content (AvgIpc) is 2.61. The third-order valence-electron chi connectivity index (χ3n) is 4.85. The summed E-state index contributed by atoms with van der Waals surface area (Å²) in [6, 6.07) is 15.3. The van der Waals surface area contributed by atoms with Gasteiger partial charge >= 0.3 is 0 Å². The normalized spacial score (nSPS) is 12.4. The molecule has 2 aromatic carbocycles. The van der Waals surface area contributed by atoms with Crippen LogP contribution < -0.4 is 10.9 Å². The van der Waals surface area contributed by atoms with Crippen molar-refractivity contribution >= 4 is 25.0 Å². The molecule has 0 unspecified atom stereocenters. The molecule has 3 N–H and O–H groups in total. The Bertz CT molecular complexity index is 723. The number of aromatic hydroxyl groups is 1. The molecule has 0 amide bonds. The minimum absolute atomic E-state index is 0.0764. The van der Waals surface area contributed by atoms with Gasteiger partial charge in [-0.2, -0.15) is 0 Å². The van der Waals surface area contributed by atoms with E-state index in [-0.39, 0.29) is 10.8 Å². The van der Waals surface area contributed by atoms with Crippen molar-refractivity contribution in [3.8, 4) is 5.75 Å². The first kappa shape index (κ1) is 24.8. The number of phenols is 1. The first-order valence-electron chi connectivity index (χ1n) is 9.96. The fraction of sp³-hybridized carbons (Fsp3) is 0.500. The molecule has 0 aliphatic heterocycles. The summed E-state index contributed by atoms with van der Waals surface area (Å²) < 4.78 is 0. The number of thioether (sulfide) groups is 1. The average molecular weight is 418 g/mol. The molecule has 2 rings (SSSR count). The van der Waals surface area contributed by atoms with Crippen molar-refractivity contribution < 1.29 is 5.11 Å². The lowest BCUT2D eigenvalue weighted by atomic mass is 9.79. The monoisotopic (exact) mass is 417 g/mol. The lowest BCUT2D eigenvalue weighted by Crippen LogP contribution is -2.44. The molecule has 0 aliphatic rings. The number of benzene rings is 2. The first-order valence-corrected chi connectivity index (χ1v) is 14.2. The van der Waals surface area contributed by atoms with Gasteiger partial charge in [-0.3, -0.25) is 0 Å². The number of rotatable bonds is 4. The summed E-state index contributed by atoms with van der Waals surface area (Å²) in [6.07, 6.45) is 0. The Balaban J connectivity index is 0.00000190. The van der Waals surface area contributed by atoms with Crippen LogP contribution in [0.5, 0.6) is 5.75 Å². The fourth-order valence-electron chi connectivity index (χ4n) is 3.07. The van der Waals surface area contributed by atoms with Crippen LogP contribution in [0.15, 0.2) is 47.4 Å². The van der Waals surface area contributed by atoms with Gasteiger partial charge in [-0.15, -0.1) is 11.8 Å². The highest BCUT2D eigenvalue weighted by Crippen LogP contribution is 2.42. The molecule has 28 heavy (non-hydrogen) atoms. The SMILES string of the molecule is CC(C)(C)c1cc(SC[Si](C)(C)c2ccccc2)cc(C(C)(C)C)c1O.CN. The second kappa shape index (κ2) is 9.51. The van der Waals surface area contributed by atoms with E-state index < -0.39 is 8.07 Å². The van der Waals surface area contributed by atoms with Gasteiger partial charge in [0.2, 0.25) is 0 Å². The molecule has 0 radical (unpaired) electrons. The van der Waals surface area contributed by atoms with Crippen molar-refractivity contribution in [1.29, 1.82) is 0 Å². The molecule has 0 spiro atoms. The smallest absolute Gasteiger partial charge is 0.123 e. The zero-order chi connectivity index (χ0) is 21.8. The lowest BCUT2D eigenvalue weighted by Gasteiger charge is -2.29. The largest absolute Gasteiger partial charge is 0.507 e. The van der Waals surface area contributed by atoms with Crippen LogP contribution >= 0.6 is 11.8 Å². The molecule has 2 aromatic rings. The van der Waals surface area contributed by atoms with Gasteiger partial charge in [0.05, 0.1) is 8.07 Å². The van der Waals surface area contributed by atoms with E-state index in [4.69, 9.17) is 0 Å². The molecule has 0 atom stereocenters. The minimum atomic E-state index is -1.50. The van der Waals surface area contributed by atoms with Crippen LogP contribution in [0.4, 0.5) is 0 Å². The van der Waals surface area contributed by atoms with E-state index >= 15 is 0 Å². The van der Waals surface area contributed by atoms with Crippen LogP contribution in [0.2, 0.25) is 13.1 Å². The van der Waals surface area contributed by atoms with E-state index in [0.29, 0.717) is 5.75 Å². The maximum Gasteiger partial charge on any atom is 0.123 e. The molecular weight excluding hydrogens is 378 g/mol. The van der Waals surface area contributed by atoms with Gasteiger partial charge in [-0.25, -0.2) is 0 Å². The van der Waals surface area contributed by atoms with E-state index in [9.17, 15) is 5.11 Å². The topological polar surface area (TPSA) is 46.2 Å². The molecular formula is C24H39NOSSi. The quantitative estimate of drug-likeness (QED) is 0.487. The first-order chi connectivity index (χ1) is 12.8. The zero-order valence-corrected chi connectivity index (χ0v) is 21.0. The second-order valence-corrected chi connectivity index (χ2v) is 16.2. The molecule has 0 aromatic heterocycles. The number of hydrogen-bond acceptors (Lipinski definition) is 3. The van der Waals surface area contributed by atoms with E-state index in [0.717, 1.165) is 16.5 Å². The summed E-state index contributed by atoms with van der Waals surface area (Å²) in [5.74, 6) is 0.467. The molecule has 0 fully saturated rings. The molecule has 2 nitrogen and oxygen atoms in total. The summed E-state index contributed by atoms with van der Waals surface area (Å²) in [7, 11) is -0.00189. The van der Waals surface area contributed by atoms with Crippen LogP contribution in [0.1, 0.15) is 52.7 Å². The Hall–Kier alpha value is -1.23. The van der Waals surface area contributed by atoms with Gasteiger partial charge in [0.1, 0.15) is 5.75 Å². The van der Waals surface area contributed by atoms with E-state index in [2.05, 4.69) is 103 Å². The van der Waals surface area contributed by atoms with Crippen molar-refractivity contribution in [2.24, 2.45) is 5.73 Å². The second-order valence-electron chi connectivity index (χ2n) is 9.91. The predicted molar refractivity (Wildman–Crippen MR) is 130 cm³/mol. The Labute approximate surface area is 178 Å². The summed E-state index contributed by atoms with van der Waals surface area (Å²) in [6.45, 7) is 17.9. The standard InChI is InChI=1S/C23H34OSSi.CH5N/c1-22(2,3)19-14-17(15-20(21(19)24)23(4,5)6)25-16-26(7,8)18-12-10-9-11-13-18;1-2/h9-15,24H,16H2,1-8H3;2H2,1H3. The molecule has 0 saturated carbocycles. The Morgan fingerprint density at radius 2 is 1.29 bits per heavy atom. The molecule has 156 valence electrons. The van der Waals surface area contributed by atoms with Gasteiger partial charge in [0.15, 0.2) is 0 Å². The highest BCUT2D eigenvalue weighted by Gasteiger charge is 2.28.